The summed E-state index contributed by atoms with van der Waals surface area (Å²) in [5, 5.41) is 5.54. The molecular weight excluding hydrogens is 216 g/mol. The van der Waals surface area contributed by atoms with Gasteiger partial charge in [-0.05, 0) is 13.8 Å². The van der Waals surface area contributed by atoms with Crippen LogP contribution in [-0.4, -0.2) is 27.2 Å². The molecule has 0 spiro atoms. The first-order valence-electron chi connectivity index (χ1n) is 4.55. The molecule has 3 nitrogen and oxygen atoms in total. The van der Waals surface area contributed by atoms with E-state index in [9.17, 15) is 4.21 Å². The summed E-state index contributed by atoms with van der Waals surface area (Å²) in [5.41, 5.74) is 2.89. The molecule has 1 aromatic heterocycles. The minimum atomic E-state index is -0.754. The van der Waals surface area contributed by atoms with Crippen LogP contribution < -0.4 is 5.32 Å². The Morgan fingerprint density at radius 2 is 2.36 bits per heavy atom. The van der Waals surface area contributed by atoms with Gasteiger partial charge in [0.2, 0.25) is 0 Å². The van der Waals surface area contributed by atoms with E-state index in [-0.39, 0.29) is 11.3 Å². The van der Waals surface area contributed by atoms with E-state index in [2.05, 4.69) is 17.2 Å². The average molecular weight is 232 g/mol. The maximum Gasteiger partial charge on any atom is 0.0795 e. The number of aromatic nitrogens is 1. The molecule has 0 radical (unpaired) electrons. The van der Waals surface area contributed by atoms with Crippen molar-refractivity contribution in [3.63, 3.8) is 0 Å². The topological polar surface area (TPSA) is 42.0 Å². The van der Waals surface area contributed by atoms with Crippen molar-refractivity contribution >= 4 is 22.1 Å². The van der Waals surface area contributed by atoms with Crippen molar-refractivity contribution in [1.82, 2.24) is 10.3 Å². The third-order valence-corrected chi connectivity index (χ3v) is 4.08. The summed E-state index contributed by atoms with van der Waals surface area (Å²) in [4.78, 5) is 4.22. The van der Waals surface area contributed by atoms with Gasteiger partial charge in [0.25, 0.3) is 0 Å². The summed E-state index contributed by atoms with van der Waals surface area (Å²) in [6.45, 7) is 4.82. The van der Waals surface area contributed by atoms with E-state index in [0.29, 0.717) is 0 Å². The van der Waals surface area contributed by atoms with Crippen molar-refractivity contribution in [1.29, 1.82) is 0 Å². The predicted octanol–water partition coefficient (Wildman–Crippen LogP) is 1.56. The third-order valence-electron chi connectivity index (χ3n) is 2.17. The molecule has 14 heavy (non-hydrogen) atoms. The summed E-state index contributed by atoms with van der Waals surface area (Å²) in [5.74, 6) is 0. The van der Waals surface area contributed by atoms with E-state index in [0.717, 1.165) is 12.2 Å². The molecule has 0 amide bonds. The van der Waals surface area contributed by atoms with Crippen molar-refractivity contribution in [2.75, 3.05) is 12.8 Å². The highest BCUT2D eigenvalue weighted by atomic mass is 32.2. The van der Waals surface area contributed by atoms with Gasteiger partial charge in [0.15, 0.2) is 0 Å². The number of rotatable bonds is 5. The molecule has 3 atom stereocenters. The molecule has 1 N–H and O–H groups in total. The SMILES string of the molecule is CC(NCC(C)S(C)=O)c1cscn1. The van der Waals surface area contributed by atoms with Crippen molar-refractivity contribution in [3.8, 4) is 0 Å². The highest BCUT2D eigenvalue weighted by Gasteiger charge is 2.10. The Hall–Kier alpha value is -0.260. The van der Waals surface area contributed by atoms with Gasteiger partial charge in [-0.15, -0.1) is 11.3 Å². The van der Waals surface area contributed by atoms with E-state index < -0.39 is 10.8 Å². The highest BCUT2D eigenvalue weighted by molar-refractivity contribution is 7.84. The smallest absolute Gasteiger partial charge is 0.0795 e. The van der Waals surface area contributed by atoms with Gasteiger partial charge in [0.1, 0.15) is 0 Å². The summed E-state index contributed by atoms with van der Waals surface area (Å²) in [7, 11) is -0.754. The fourth-order valence-corrected chi connectivity index (χ4v) is 1.98. The number of nitrogens with one attached hydrogen (secondary N) is 1. The first-order valence-corrected chi connectivity index (χ1v) is 7.11. The zero-order valence-corrected chi connectivity index (χ0v) is 10.3. The zero-order chi connectivity index (χ0) is 10.6. The number of hydrogen-bond acceptors (Lipinski definition) is 4. The lowest BCUT2D eigenvalue weighted by Crippen LogP contribution is -2.29. The van der Waals surface area contributed by atoms with E-state index in [1.54, 1.807) is 17.6 Å². The molecule has 0 aromatic carbocycles. The Morgan fingerprint density at radius 3 is 2.86 bits per heavy atom. The van der Waals surface area contributed by atoms with Gasteiger partial charge in [-0.3, -0.25) is 4.21 Å². The minimum absolute atomic E-state index is 0.191. The fourth-order valence-electron chi connectivity index (χ4n) is 1.00. The van der Waals surface area contributed by atoms with Gasteiger partial charge >= 0.3 is 0 Å². The normalized spacial score (nSPS) is 17.6. The van der Waals surface area contributed by atoms with Crippen LogP contribution in [0.1, 0.15) is 25.6 Å². The molecule has 5 heteroatoms. The van der Waals surface area contributed by atoms with E-state index >= 15 is 0 Å². The van der Waals surface area contributed by atoms with Crippen molar-refractivity contribution in [3.05, 3.63) is 16.6 Å². The molecule has 1 heterocycles. The molecule has 0 saturated carbocycles. The third kappa shape index (κ3) is 3.48. The summed E-state index contributed by atoms with van der Waals surface area (Å²) in [6, 6.07) is 0.243. The highest BCUT2D eigenvalue weighted by Crippen LogP contribution is 2.11. The lowest BCUT2D eigenvalue weighted by molar-refractivity contribution is 0.560. The summed E-state index contributed by atoms with van der Waals surface area (Å²) in [6.07, 6.45) is 1.74. The maximum absolute atomic E-state index is 11.1. The van der Waals surface area contributed by atoms with Crippen LogP contribution in [-0.2, 0) is 10.8 Å². The second kappa shape index (κ2) is 5.58. The molecule has 0 saturated heterocycles. The Kier molecular flexibility index (Phi) is 4.71. The monoisotopic (exact) mass is 232 g/mol. The van der Waals surface area contributed by atoms with Crippen LogP contribution in [0.3, 0.4) is 0 Å². The number of hydrogen-bond donors (Lipinski definition) is 1. The van der Waals surface area contributed by atoms with Crippen LogP contribution in [0.4, 0.5) is 0 Å². The predicted molar refractivity (Wildman–Crippen MR) is 62.1 cm³/mol. The van der Waals surface area contributed by atoms with E-state index in [1.807, 2.05) is 17.8 Å². The molecule has 0 aliphatic heterocycles. The van der Waals surface area contributed by atoms with Crippen LogP contribution in [0.15, 0.2) is 10.9 Å². The summed E-state index contributed by atoms with van der Waals surface area (Å²) >= 11 is 1.60. The Balaban J connectivity index is 2.35. The first kappa shape index (κ1) is 11.8. The van der Waals surface area contributed by atoms with Crippen LogP contribution >= 0.6 is 11.3 Å². The molecule has 1 aromatic rings. The van der Waals surface area contributed by atoms with Gasteiger partial charge in [0, 0.05) is 40.3 Å². The fraction of sp³-hybridized carbons (Fsp3) is 0.667. The second-order valence-corrected chi connectivity index (χ2v) is 5.87. The van der Waals surface area contributed by atoms with Gasteiger partial charge < -0.3 is 5.32 Å². The molecular formula is C9H16N2OS2. The van der Waals surface area contributed by atoms with E-state index in [4.69, 9.17) is 0 Å². The van der Waals surface area contributed by atoms with Crippen molar-refractivity contribution in [2.24, 2.45) is 0 Å². The number of nitrogens with zero attached hydrogens (tertiary/aromatic N) is 1. The second-order valence-electron chi connectivity index (χ2n) is 3.35. The van der Waals surface area contributed by atoms with Crippen LogP contribution in [0, 0.1) is 0 Å². The van der Waals surface area contributed by atoms with Crippen LogP contribution in [0.5, 0.6) is 0 Å². The lowest BCUT2D eigenvalue weighted by atomic mass is 10.2. The Bertz CT molecular complexity index is 287. The Morgan fingerprint density at radius 1 is 1.64 bits per heavy atom. The molecule has 0 fully saturated rings. The van der Waals surface area contributed by atoms with Crippen LogP contribution in [0.2, 0.25) is 0 Å². The minimum Gasteiger partial charge on any atom is -0.308 e. The van der Waals surface area contributed by atoms with Gasteiger partial charge in [-0.2, -0.15) is 0 Å². The first-order chi connectivity index (χ1) is 6.61. The summed E-state index contributed by atoms with van der Waals surface area (Å²) < 4.78 is 11.1. The van der Waals surface area contributed by atoms with Crippen molar-refractivity contribution < 1.29 is 4.21 Å². The largest absolute Gasteiger partial charge is 0.308 e. The molecule has 1 rings (SSSR count). The van der Waals surface area contributed by atoms with Gasteiger partial charge in [-0.25, -0.2) is 4.98 Å². The Labute approximate surface area is 91.4 Å². The van der Waals surface area contributed by atoms with E-state index in [1.165, 1.54) is 0 Å². The molecule has 0 aliphatic carbocycles. The average Bonchev–Trinajstić information content (AvgIpc) is 2.66. The zero-order valence-electron chi connectivity index (χ0n) is 8.69. The standard InChI is InChI=1S/C9H16N2OS2/c1-7(14(3)12)4-10-8(2)9-5-13-6-11-9/h5-8,10H,4H2,1-3H3. The maximum atomic E-state index is 11.1. The van der Waals surface area contributed by atoms with Crippen molar-refractivity contribution in [2.45, 2.75) is 25.1 Å². The van der Waals surface area contributed by atoms with Gasteiger partial charge in [-0.1, -0.05) is 0 Å². The quantitative estimate of drug-likeness (QED) is 0.837. The number of thiazole rings is 1. The molecule has 0 aliphatic rings. The van der Waals surface area contributed by atoms with Crippen LogP contribution in [0.25, 0.3) is 0 Å². The molecule has 80 valence electrons. The molecule has 3 unspecified atom stereocenters. The van der Waals surface area contributed by atoms with Gasteiger partial charge in [0.05, 0.1) is 11.2 Å². The lowest BCUT2D eigenvalue weighted by Gasteiger charge is -2.14. The molecule has 0 bridgehead atoms.